The fourth-order valence-electron chi connectivity index (χ4n) is 2.40. The lowest BCUT2D eigenvalue weighted by molar-refractivity contribution is -0.141. The van der Waals surface area contributed by atoms with Crippen LogP contribution in [-0.2, 0) is 10.9 Å². The molecule has 0 bridgehead atoms. The topological polar surface area (TPSA) is 114 Å². The number of piperazine rings is 1. The number of ether oxygens (including phenoxy) is 1. The molecule has 0 unspecified atom stereocenters. The maximum Gasteiger partial charge on any atom is 0.434 e. The summed E-state index contributed by atoms with van der Waals surface area (Å²) in [6, 6.07) is 0. The minimum absolute atomic E-state index is 0.181. The molecule has 2 rings (SSSR count). The van der Waals surface area contributed by atoms with Crippen molar-refractivity contribution in [2.45, 2.75) is 32.5 Å². The highest BCUT2D eigenvalue weighted by molar-refractivity contribution is 5.94. The number of carbonyl (C=O) groups is 2. The quantitative estimate of drug-likeness (QED) is 0.442. The van der Waals surface area contributed by atoms with E-state index in [4.69, 9.17) is 10.6 Å². The highest BCUT2D eigenvalue weighted by Crippen LogP contribution is 2.31. The van der Waals surface area contributed by atoms with Crippen molar-refractivity contribution in [3.63, 3.8) is 0 Å². The van der Waals surface area contributed by atoms with Gasteiger partial charge in [-0.3, -0.25) is 10.2 Å². The molecule has 1 aromatic heterocycles. The molecule has 150 valence electrons. The summed E-state index contributed by atoms with van der Waals surface area (Å²) in [5.41, 5.74) is -1.13. The van der Waals surface area contributed by atoms with E-state index in [-0.39, 0.29) is 32.1 Å². The molecule has 0 saturated carbocycles. The van der Waals surface area contributed by atoms with Gasteiger partial charge in [0.15, 0.2) is 5.69 Å². The molecule has 1 fully saturated rings. The molecule has 0 radical (unpaired) electrons. The highest BCUT2D eigenvalue weighted by Gasteiger charge is 2.38. The van der Waals surface area contributed by atoms with E-state index < -0.39 is 35.0 Å². The third-order valence-electron chi connectivity index (χ3n) is 3.63. The van der Waals surface area contributed by atoms with Gasteiger partial charge in [0.05, 0.1) is 5.56 Å². The minimum atomic E-state index is -4.85. The van der Waals surface area contributed by atoms with E-state index in [2.05, 4.69) is 9.97 Å². The molecule has 0 spiro atoms. The van der Waals surface area contributed by atoms with Crippen molar-refractivity contribution >= 4 is 17.9 Å². The van der Waals surface area contributed by atoms with E-state index in [1.54, 1.807) is 26.2 Å². The third-order valence-corrected chi connectivity index (χ3v) is 3.63. The van der Waals surface area contributed by atoms with Crippen LogP contribution in [0.3, 0.4) is 0 Å². The van der Waals surface area contributed by atoms with Crippen molar-refractivity contribution in [1.82, 2.24) is 20.3 Å². The molecule has 2 heterocycles. The lowest BCUT2D eigenvalue weighted by Gasteiger charge is -2.35. The summed E-state index contributed by atoms with van der Waals surface area (Å²) in [6.07, 6.45) is -4.56. The van der Waals surface area contributed by atoms with Gasteiger partial charge in [0.1, 0.15) is 5.60 Å². The van der Waals surface area contributed by atoms with Gasteiger partial charge in [-0.2, -0.15) is 13.2 Å². The fraction of sp³-hybridized carbons (Fsp3) is 0.600. The summed E-state index contributed by atoms with van der Waals surface area (Å²) in [4.78, 5) is 33.9. The Morgan fingerprint density at radius 3 is 2.26 bits per heavy atom. The van der Waals surface area contributed by atoms with Gasteiger partial charge in [-0.1, -0.05) is 0 Å². The molecule has 1 aromatic rings. The number of rotatable bonds is 2. The number of nitrogens with one attached hydrogen (secondary N) is 1. The number of carbonyl (C=O) groups excluding carboxylic acids is 2. The number of alkyl halides is 3. The lowest BCUT2D eigenvalue weighted by atomic mass is 10.2. The van der Waals surface area contributed by atoms with E-state index in [1.165, 1.54) is 9.80 Å². The Morgan fingerprint density at radius 2 is 1.78 bits per heavy atom. The zero-order valence-corrected chi connectivity index (χ0v) is 15.1. The van der Waals surface area contributed by atoms with Crippen LogP contribution in [0.2, 0.25) is 0 Å². The summed E-state index contributed by atoms with van der Waals surface area (Å²) in [5.74, 6) is 3.59. The Labute approximate surface area is 153 Å². The van der Waals surface area contributed by atoms with Crippen molar-refractivity contribution in [3.8, 4) is 0 Å². The van der Waals surface area contributed by atoms with Gasteiger partial charge in [0, 0.05) is 32.4 Å². The first kappa shape index (κ1) is 20.7. The molecular weight excluding hydrogens is 369 g/mol. The van der Waals surface area contributed by atoms with E-state index in [9.17, 15) is 22.8 Å². The molecule has 0 atom stereocenters. The molecule has 12 heteroatoms. The molecule has 2 amide bonds. The highest BCUT2D eigenvalue weighted by atomic mass is 19.4. The molecule has 0 aliphatic carbocycles. The standard InChI is InChI=1S/C15H21F3N6O3/c1-14(2,3)27-13(26)24-6-4-23(5-7-24)12-20-8-9(11(25)22-19)10(21-12)15(16,17)18/h8H,4-7,19H2,1-3H3,(H,22,25). The number of nitrogen functional groups attached to an aromatic ring is 1. The largest absolute Gasteiger partial charge is 0.444 e. The van der Waals surface area contributed by atoms with Gasteiger partial charge < -0.3 is 14.5 Å². The Balaban J connectivity index is 2.14. The normalized spacial score (nSPS) is 15.5. The summed E-state index contributed by atoms with van der Waals surface area (Å²) < 4.78 is 44.9. The number of hydrogen-bond acceptors (Lipinski definition) is 7. The Kier molecular flexibility index (Phi) is 5.78. The van der Waals surface area contributed by atoms with Crippen LogP contribution < -0.4 is 16.2 Å². The van der Waals surface area contributed by atoms with Crippen molar-refractivity contribution in [2.75, 3.05) is 31.1 Å². The zero-order chi connectivity index (χ0) is 20.4. The Hall–Kier alpha value is -2.63. The van der Waals surface area contributed by atoms with Crippen LogP contribution in [0.15, 0.2) is 6.20 Å². The number of halogens is 3. The smallest absolute Gasteiger partial charge is 0.434 e. The van der Waals surface area contributed by atoms with E-state index >= 15 is 0 Å². The molecule has 0 aromatic carbocycles. The average Bonchev–Trinajstić information content (AvgIpc) is 2.58. The molecule has 1 saturated heterocycles. The SMILES string of the molecule is CC(C)(C)OC(=O)N1CCN(c2ncc(C(=O)NN)c(C(F)(F)F)n2)CC1. The summed E-state index contributed by atoms with van der Waals surface area (Å²) >= 11 is 0. The Bertz CT molecular complexity index is 712. The zero-order valence-electron chi connectivity index (χ0n) is 15.1. The number of nitrogens with two attached hydrogens (primary N) is 1. The molecule has 9 nitrogen and oxygen atoms in total. The van der Waals surface area contributed by atoms with Crippen molar-refractivity contribution in [2.24, 2.45) is 5.84 Å². The number of aromatic nitrogens is 2. The molecule has 27 heavy (non-hydrogen) atoms. The second kappa shape index (κ2) is 7.55. The van der Waals surface area contributed by atoms with Gasteiger partial charge in [-0.05, 0) is 20.8 Å². The van der Waals surface area contributed by atoms with Crippen molar-refractivity contribution in [1.29, 1.82) is 0 Å². The van der Waals surface area contributed by atoms with Crippen LogP contribution in [0.5, 0.6) is 0 Å². The second-order valence-electron chi connectivity index (χ2n) is 6.86. The van der Waals surface area contributed by atoms with E-state index in [0.29, 0.717) is 0 Å². The minimum Gasteiger partial charge on any atom is -0.444 e. The second-order valence-corrected chi connectivity index (χ2v) is 6.86. The number of nitrogens with zero attached hydrogens (tertiary/aromatic N) is 4. The van der Waals surface area contributed by atoms with Gasteiger partial charge in [0.25, 0.3) is 5.91 Å². The lowest BCUT2D eigenvalue weighted by Crippen LogP contribution is -2.50. The maximum atomic E-state index is 13.2. The predicted molar refractivity (Wildman–Crippen MR) is 88.7 cm³/mol. The van der Waals surface area contributed by atoms with Crippen LogP contribution in [0.4, 0.5) is 23.9 Å². The Morgan fingerprint density at radius 1 is 1.19 bits per heavy atom. The van der Waals surface area contributed by atoms with E-state index in [1.807, 2.05) is 0 Å². The first-order chi connectivity index (χ1) is 12.4. The van der Waals surface area contributed by atoms with Crippen LogP contribution in [0, 0.1) is 0 Å². The number of anilines is 1. The summed E-state index contributed by atoms with van der Waals surface area (Å²) in [7, 11) is 0. The third kappa shape index (κ3) is 5.18. The molecule has 1 aliphatic heterocycles. The molecule has 3 N–H and O–H groups in total. The first-order valence-electron chi connectivity index (χ1n) is 8.10. The van der Waals surface area contributed by atoms with Gasteiger partial charge in [-0.25, -0.2) is 20.6 Å². The van der Waals surface area contributed by atoms with Gasteiger partial charge in [0.2, 0.25) is 5.95 Å². The van der Waals surface area contributed by atoms with Crippen molar-refractivity contribution < 1.29 is 27.5 Å². The molecule has 1 aliphatic rings. The van der Waals surface area contributed by atoms with Gasteiger partial charge in [-0.15, -0.1) is 0 Å². The van der Waals surface area contributed by atoms with Crippen molar-refractivity contribution in [3.05, 3.63) is 17.5 Å². The number of hydrazine groups is 1. The fourth-order valence-corrected chi connectivity index (χ4v) is 2.40. The average molecular weight is 390 g/mol. The summed E-state index contributed by atoms with van der Waals surface area (Å²) in [6.45, 7) is 6.15. The molecular formula is C15H21F3N6O3. The number of amides is 2. The van der Waals surface area contributed by atoms with Crippen LogP contribution in [0.25, 0.3) is 0 Å². The predicted octanol–water partition coefficient (Wildman–Crippen LogP) is 1.16. The van der Waals surface area contributed by atoms with Crippen LogP contribution in [-0.4, -0.2) is 58.6 Å². The van der Waals surface area contributed by atoms with Crippen LogP contribution >= 0.6 is 0 Å². The monoisotopic (exact) mass is 390 g/mol. The van der Waals surface area contributed by atoms with Gasteiger partial charge >= 0.3 is 12.3 Å². The first-order valence-corrected chi connectivity index (χ1v) is 8.10. The number of hydrogen-bond donors (Lipinski definition) is 2. The summed E-state index contributed by atoms with van der Waals surface area (Å²) in [5, 5.41) is 0. The van der Waals surface area contributed by atoms with E-state index in [0.717, 1.165) is 6.20 Å². The maximum absolute atomic E-state index is 13.2. The van der Waals surface area contributed by atoms with Crippen LogP contribution in [0.1, 0.15) is 36.8 Å².